The predicted octanol–water partition coefficient (Wildman–Crippen LogP) is 1.04. The van der Waals surface area contributed by atoms with Crippen LogP contribution in [0.1, 0.15) is 0 Å². The first-order valence-corrected chi connectivity index (χ1v) is 5.18. The molecular formula is C9H9F6NO4. The van der Waals surface area contributed by atoms with Crippen molar-refractivity contribution in [3.63, 3.8) is 0 Å². The summed E-state index contributed by atoms with van der Waals surface area (Å²) in [7, 11) is 0. The van der Waals surface area contributed by atoms with Gasteiger partial charge in [-0.3, -0.25) is 4.79 Å². The zero-order valence-electron chi connectivity index (χ0n) is 9.66. The Hall–Kier alpha value is -1.52. The Kier molecular flexibility index (Phi) is 4.52. The second kappa shape index (κ2) is 5.46. The molecule has 1 N–H and O–H groups in total. The lowest BCUT2D eigenvalue weighted by molar-refractivity contribution is -0.210. The van der Waals surface area contributed by atoms with Crippen LogP contribution in [0.25, 0.3) is 0 Å². The number of hydrogen-bond acceptors (Lipinski definition) is 3. The third kappa shape index (κ3) is 3.99. The number of carbonyl (C=O) groups excluding carboxylic acids is 1. The van der Waals surface area contributed by atoms with Crippen LogP contribution >= 0.6 is 0 Å². The molecule has 1 amide bonds. The summed E-state index contributed by atoms with van der Waals surface area (Å²) in [6.45, 7) is -2.94. The van der Waals surface area contributed by atoms with E-state index in [0.717, 1.165) is 0 Å². The van der Waals surface area contributed by atoms with Crippen LogP contribution in [-0.2, 0) is 14.3 Å². The molecule has 0 saturated carbocycles. The molecule has 1 aliphatic rings. The molecule has 1 rings (SSSR count). The largest absolute Gasteiger partial charge is 0.480 e. The van der Waals surface area contributed by atoms with E-state index < -0.39 is 47.6 Å². The Morgan fingerprint density at radius 1 is 1.20 bits per heavy atom. The number of carboxylic acid groups (broad SMARTS) is 1. The fourth-order valence-corrected chi connectivity index (χ4v) is 1.68. The molecule has 1 atom stereocenters. The van der Waals surface area contributed by atoms with Gasteiger partial charge in [-0.15, -0.1) is 0 Å². The zero-order valence-corrected chi connectivity index (χ0v) is 9.66. The summed E-state index contributed by atoms with van der Waals surface area (Å²) < 4.78 is 78.3. The SMILES string of the molecule is O=C(O)C(C1COC1)N(CC(F)(F)F)C(=O)C(F)(F)F. The Morgan fingerprint density at radius 3 is 1.95 bits per heavy atom. The molecule has 0 aromatic rings. The van der Waals surface area contributed by atoms with Crippen LogP contribution in [0.2, 0.25) is 0 Å². The van der Waals surface area contributed by atoms with Gasteiger partial charge in [0.05, 0.1) is 13.2 Å². The van der Waals surface area contributed by atoms with Gasteiger partial charge in [-0.1, -0.05) is 0 Å². The summed E-state index contributed by atoms with van der Waals surface area (Å²) in [6.07, 6.45) is -10.7. The number of ether oxygens (including phenoxy) is 1. The minimum Gasteiger partial charge on any atom is -0.480 e. The van der Waals surface area contributed by atoms with Gasteiger partial charge in [0.1, 0.15) is 12.6 Å². The van der Waals surface area contributed by atoms with Crippen molar-refractivity contribution in [2.45, 2.75) is 18.4 Å². The summed E-state index contributed by atoms with van der Waals surface area (Å²) in [6, 6.07) is -2.24. The summed E-state index contributed by atoms with van der Waals surface area (Å²) in [5.41, 5.74) is 0. The second-order valence-corrected chi connectivity index (χ2v) is 4.13. The Bertz CT molecular complexity index is 389. The first-order chi connectivity index (χ1) is 8.93. The van der Waals surface area contributed by atoms with Crippen molar-refractivity contribution in [3.8, 4) is 0 Å². The summed E-state index contributed by atoms with van der Waals surface area (Å²) >= 11 is 0. The number of nitrogens with zero attached hydrogens (tertiary/aromatic N) is 1. The van der Waals surface area contributed by atoms with Gasteiger partial charge in [0.25, 0.3) is 0 Å². The highest BCUT2D eigenvalue weighted by atomic mass is 19.4. The smallest absolute Gasteiger partial charge is 0.471 e. The van der Waals surface area contributed by atoms with Crippen LogP contribution < -0.4 is 0 Å². The van der Waals surface area contributed by atoms with E-state index in [2.05, 4.69) is 4.74 Å². The van der Waals surface area contributed by atoms with E-state index in [1.165, 1.54) is 0 Å². The molecule has 1 aliphatic heterocycles. The highest BCUT2D eigenvalue weighted by Crippen LogP contribution is 2.29. The molecule has 116 valence electrons. The number of halogens is 6. The molecule has 1 heterocycles. The Balaban J connectivity index is 3.06. The van der Waals surface area contributed by atoms with Gasteiger partial charge >= 0.3 is 24.2 Å². The molecule has 1 fully saturated rings. The van der Waals surface area contributed by atoms with Gasteiger partial charge in [-0.25, -0.2) is 4.79 Å². The lowest BCUT2D eigenvalue weighted by atomic mass is 9.96. The molecule has 1 unspecified atom stereocenters. The van der Waals surface area contributed by atoms with E-state index in [0.29, 0.717) is 0 Å². The van der Waals surface area contributed by atoms with Crippen molar-refractivity contribution in [1.29, 1.82) is 0 Å². The van der Waals surface area contributed by atoms with Crippen molar-refractivity contribution in [1.82, 2.24) is 4.90 Å². The number of carboxylic acids is 1. The maximum atomic E-state index is 12.3. The number of rotatable bonds is 4. The molecule has 5 nitrogen and oxygen atoms in total. The van der Waals surface area contributed by atoms with Crippen LogP contribution in [0.5, 0.6) is 0 Å². The van der Waals surface area contributed by atoms with Crippen molar-refractivity contribution in [2.24, 2.45) is 5.92 Å². The topological polar surface area (TPSA) is 66.8 Å². The standard InChI is InChI=1S/C9H9F6NO4/c10-8(11,12)3-16(7(19)9(13,14)15)5(6(17)18)4-1-20-2-4/h4-5H,1-3H2,(H,17,18). The van der Waals surface area contributed by atoms with Crippen molar-refractivity contribution >= 4 is 11.9 Å². The number of amides is 1. The number of alkyl halides is 6. The number of carbonyl (C=O) groups is 2. The summed E-state index contributed by atoms with van der Waals surface area (Å²) in [4.78, 5) is 21.2. The quantitative estimate of drug-likeness (QED) is 0.788. The maximum absolute atomic E-state index is 12.3. The molecule has 20 heavy (non-hydrogen) atoms. The van der Waals surface area contributed by atoms with E-state index in [1.807, 2.05) is 0 Å². The molecule has 0 aliphatic carbocycles. The van der Waals surface area contributed by atoms with Gasteiger partial charge in [0.2, 0.25) is 0 Å². The fourth-order valence-electron chi connectivity index (χ4n) is 1.68. The van der Waals surface area contributed by atoms with Crippen molar-refractivity contribution in [3.05, 3.63) is 0 Å². The normalized spacial score (nSPS) is 18.3. The lowest BCUT2D eigenvalue weighted by Gasteiger charge is -2.38. The third-order valence-corrected chi connectivity index (χ3v) is 2.55. The number of aliphatic carboxylic acids is 1. The van der Waals surface area contributed by atoms with E-state index >= 15 is 0 Å². The van der Waals surface area contributed by atoms with Gasteiger partial charge in [-0.05, 0) is 0 Å². The van der Waals surface area contributed by atoms with Crippen LogP contribution in [0.3, 0.4) is 0 Å². The predicted molar refractivity (Wildman–Crippen MR) is 49.6 cm³/mol. The van der Waals surface area contributed by atoms with E-state index in [4.69, 9.17) is 5.11 Å². The lowest BCUT2D eigenvalue weighted by Crippen LogP contribution is -2.59. The van der Waals surface area contributed by atoms with Crippen LogP contribution in [0.15, 0.2) is 0 Å². The molecule has 0 aromatic heterocycles. The summed E-state index contributed by atoms with van der Waals surface area (Å²) in [5, 5.41) is 8.81. The van der Waals surface area contributed by atoms with Crippen molar-refractivity contribution in [2.75, 3.05) is 19.8 Å². The first kappa shape index (κ1) is 16.5. The third-order valence-electron chi connectivity index (χ3n) is 2.55. The van der Waals surface area contributed by atoms with Crippen LogP contribution in [0, 0.1) is 5.92 Å². The zero-order chi connectivity index (χ0) is 15.7. The number of hydrogen-bond donors (Lipinski definition) is 1. The fraction of sp³-hybridized carbons (Fsp3) is 0.778. The maximum Gasteiger partial charge on any atom is 0.471 e. The molecule has 0 radical (unpaired) electrons. The van der Waals surface area contributed by atoms with Crippen LogP contribution in [-0.4, -0.2) is 60.0 Å². The van der Waals surface area contributed by atoms with Gasteiger partial charge < -0.3 is 14.7 Å². The highest BCUT2D eigenvalue weighted by Gasteiger charge is 2.52. The van der Waals surface area contributed by atoms with Gasteiger partial charge in [0.15, 0.2) is 0 Å². The van der Waals surface area contributed by atoms with Gasteiger partial charge in [-0.2, -0.15) is 26.3 Å². The average Bonchev–Trinajstić information content (AvgIpc) is 2.15. The molecule has 0 aromatic carbocycles. The molecule has 0 bridgehead atoms. The highest BCUT2D eigenvalue weighted by molar-refractivity contribution is 5.87. The van der Waals surface area contributed by atoms with E-state index in [-0.39, 0.29) is 13.2 Å². The Labute approximate surface area is 108 Å². The van der Waals surface area contributed by atoms with E-state index in [1.54, 1.807) is 0 Å². The molecular weight excluding hydrogens is 300 g/mol. The van der Waals surface area contributed by atoms with E-state index in [9.17, 15) is 35.9 Å². The minimum absolute atomic E-state index is 0.323. The van der Waals surface area contributed by atoms with Crippen molar-refractivity contribution < 1.29 is 45.8 Å². The second-order valence-electron chi connectivity index (χ2n) is 4.13. The first-order valence-electron chi connectivity index (χ1n) is 5.18. The van der Waals surface area contributed by atoms with Gasteiger partial charge in [0, 0.05) is 5.92 Å². The molecule has 11 heteroatoms. The average molecular weight is 309 g/mol. The summed E-state index contributed by atoms with van der Waals surface area (Å²) in [5.74, 6) is -5.89. The van der Waals surface area contributed by atoms with Crippen LogP contribution in [0.4, 0.5) is 26.3 Å². The Morgan fingerprint density at radius 2 is 1.70 bits per heavy atom. The minimum atomic E-state index is -5.59. The molecule has 1 saturated heterocycles. The molecule has 0 spiro atoms. The monoisotopic (exact) mass is 309 g/mol.